The molecule has 0 atom stereocenters. The van der Waals surface area contributed by atoms with Crippen molar-refractivity contribution >= 4 is 17.3 Å². The summed E-state index contributed by atoms with van der Waals surface area (Å²) in [5, 5.41) is 0. The van der Waals surface area contributed by atoms with Gasteiger partial charge in [0.05, 0.1) is 5.56 Å². The highest BCUT2D eigenvalue weighted by Gasteiger charge is 2.23. The van der Waals surface area contributed by atoms with Crippen LogP contribution in [0.4, 0.5) is 11.4 Å². The lowest BCUT2D eigenvalue weighted by molar-refractivity contribution is 0.0985. The summed E-state index contributed by atoms with van der Waals surface area (Å²) in [5.41, 5.74) is 10.2. The molecule has 3 rings (SSSR count). The van der Waals surface area contributed by atoms with E-state index in [0.29, 0.717) is 5.56 Å². The minimum atomic E-state index is 0.00298. The molecular formula is C16H17N3O. The first-order valence-corrected chi connectivity index (χ1v) is 6.78. The largest absolute Gasteiger partial charge is 0.399 e. The highest BCUT2D eigenvalue weighted by molar-refractivity contribution is 6.06. The fourth-order valence-corrected chi connectivity index (χ4v) is 2.58. The fourth-order valence-electron chi connectivity index (χ4n) is 2.58. The molecule has 0 fully saturated rings. The molecule has 102 valence electrons. The lowest BCUT2D eigenvalue weighted by Crippen LogP contribution is -2.35. The Labute approximate surface area is 118 Å². The number of hydrogen-bond acceptors (Lipinski definition) is 3. The van der Waals surface area contributed by atoms with Gasteiger partial charge in [-0.25, -0.2) is 0 Å². The zero-order valence-corrected chi connectivity index (χ0v) is 11.5. The summed E-state index contributed by atoms with van der Waals surface area (Å²) in [5.74, 6) is 0.00298. The monoisotopic (exact) mass is 267 g/mol. The number of anilines is 2. The van der Waals surface area contributed by atoms with Crippen LogP contribution in [-0.2, 0) is 6.42 Å². The van der Waals surface area contributed by atoms with Gasteiger partial charge < -0.3 is 10.6 Å². The summed E-state index contributed by atoms with van der Waals surface area (Å²) < 4.78 is 0. The first-order chi connectivity index (χ1) is 9.65. The van der Waals surface area contributed by atoms with Crippen LogP contribution in [0.5, 0.6) is 0 Å². The van der Waals surface area contributed by atoms with Crippen LogP contribution >= 0.6 is 0 Å². The number of aromatic nitrogens is 1. The van der Waals surface area contributed by atoms with Crippen LogP contribution in [0, 0.1) is 6.92 Å². The van der Waals surface area contributed by atoms with E-state index in [4.69, 9.17) is 5.73 Å². The quantitative estimate of drug-likeness (QED) is 0.808. The highest BCUT2D eigenvalue weighted by atomic mass is 16.2. The third-order valence-corrected chi connectivity index (χ3v) is 3.63. The van der Waals surface area contributed by atoms with E-state index in [1.807, 2.05) is 42.2 Å². The van der Waals surface area contributed by atoms with Gasteiger partial charge in [0.15, 0.2) is 0 Å². The molecule has 2 N–H and O–H groups in total. The zero-order chi connectivity index (χ0) is 14.1. The van der Waals surface area contributed by atoms with Crippen molar-refractivity contribution < 1.29 is 4.79 Å². The molecule has 0 spiro atoms. The fraction of sp³-hybridized carbons (Fsp3) is 0.250. The second kappa shape index (κ2) is 4.96. The maximum Gasteiger partial charge on any atom is 0.259 e. The number of carbonyl (C=O) groups excluding carboxylic acids is 1. The SMILES string of the molecule is Cc1ccc(C(=O)N2CCCc3cc(N)ccc32)cn1. The van der Waals surface area contributed by atoms with Gasteiger partial charge in [-0.3, -0.25) is 9.78 Å². The van der Waals surface area contributed by atoms with Gasteiger partial charge in [-0.2, -0.15) is 0 Å². The average Bonchev–Trinajstić information content (AvgIpc) is 2.46. The predicted octanol–water partition coefficient (Wildman–Crippen LogP) is 2.57. The van der Waals surface area contributed by atoms with Crippen LogP contribution in [0.25, 0.3) is 0 Å². The Balaban J connectivity index is 1.96. The Morgan fingerprint density at radius 3 is 2.90 bits per heavy atom. The Hall–Kier alpha value is -2.36. The number of nitrogens with two attached hydrogens (primary N) is 1. The molecular weight excluding hydrogens is 250 g/mol. The molecule has 20 heavy (non-hydrogen) atoms. The van der Waals surface area contributed by atoms with E-state index in [1.54, 1.807) is 6.20 Å². The number of nitrogen functional groups attached to an aromatic ring is 1. The normalized spacial score (nSPS) is 13.9. The van der Waals surface area contributed by atoms with Crippen LogP contribution in [0.1, 0.15) is 28.0 Å². The van der Waals surface area contributed by atoms with Crippen LogP contribution < -0.4 is 10.6 Å². The van der Waals surface area contributed by atoms with Gasteiger partial charge in [0.1, 0.15) is 0 Å². The third kappa shape index (κ3) is 2.25. The number of nitrogens with zero attached hydrogens (tertiary/aromatic N) is 2. The Bertz CT molecular complexity index is 649. The summed E-state index contributed by atoms with van der Waals surface area (Å²) in [7, 11) is 0. The van der Waals surface area contributed by atoms with E-state index in [1.165, 1.54) is 0 Å². The van der Waals surface area contributed by atoms with Crippen molar-refractivity contribution in [3.8, 4) is 0 Å². The third-order valence-electron chi connectivity index (χ3n) is 3.63. The number of benzene rings is 1. The Kier molecular flexibility index (Phi) is 3.14. The summed E-state index contributed by atoms with van der Waals surface area (Å²) in [6, 6.07) is 9.43. The van der Waals surface area contributed by atoms with Crippen molar-refractivity contribution in [2.45, 2.75) is 19.8 Å². The smallest absolute Gasteiger partial charge is 0.259 e. The molecule has 1 aromatic carbocycles. The van der Waals surface area contributed by atoms with Crippen LogP contribution in [0.2, 0.25) is 0 Å². The van der Waals surface area contributed by atoms with Gasteiger partial charge in [0.2, 0.25) is 0 Å². The molecule has 1 amide bonds. The molecule has 0 saturated heterocycles. The summed E-state index contributed by atoms with van der Waals surface area (Å²) in [6.07, 6.45) is 3.57. The zero-order valence-electron chi connectivity index (χ0n) is 11.5. The number of hydrogen-bond donors (Lipinski definition) is 1. The number of amides is 1. The van der Waals surface area contributed by atoms with Crippen molar-refractivity contribution in [1.29, 1.82) is 0 Å². The van der Waals surface area contributed by atoms with Crippen LogP contribution in [-0.4, -0.2) is 17.4 Å². The van der Waals surface area contributed by atoms with E-state index in [0.717, 1.165) is 42.0 Å². The minimum Gasteiger partial charge on any atom is -0.399 e. The van der Waals surface area contributed by atoms with Gasteiger partial charge in [-0.15, -0.1) is 0 Å². The molecule has 4 heteroatoms. The minimum absolute atomic E-state index is 0.00298. The van der Waals surface area contributed by atoms with Crippen molar-refractivity contribution in [3.05, 3.63) is 53.3 Å². The molecule has 0 unspecified atom stereocenters. The van der Waals surface area contributed by atoms with Crippen LogP contribution in [0.15, 0.2) is 36.5 Å². The average molecular weight is 267 g/mol. The molecule has 0 aliphatic carbocycles. The molecule has 0 bridgehead atoms. The summed E-state index contributed by atoms with van der Waals surface area (Å²) >= 11 is 0. The Morgan fingerprint density at radius 2 is 2.15 bits per heavy atom. The topological polar surface area (TPSA) is 59.2 Å². The van der Waals surface area contributed by atoms with E-state index in [2.05, 4.69) is 4.98 Å². The molecule has 2 aromatic rings. The molecule has 1 aliphatic heterocycles. The van der Waals surface area contributed by atoms with E-state index < -0.39 is 0 Å². The number of aryl methyl sites for hydroxylation is 2. The van der Waals surface area contributed by atoms with Gasteiger partial charge in [-0.1, -0.05) is 0 Å². The standard InChI is InChI=1S/C16H17N3O/c1-11-4-5-13(10-18-11)16(20)19-8-2-3-12-9-14(17)6-7-15(12)19/h4-7,9-10H,2-3,8,17H2,1H3. The molecule has 2 heterocycles. The van der Waals surface area contributed by atoms with Crippen LogP contribution in [0.3, 0.4) is 0 Å². The maximum absolute atomic E-state index is 12.6. The second-order valence-corrected chi connectivity index (χ2v) is 5.14. The number of rotatable bonds is 1. The lowest BCUT2D eigenvalue weighted by atomic mass is 10.0. The predicted molar refractivity (Wildman–Crippen MR) is 79.8 cm³/mol. The van der Waals surface area contributed by atoms with Crippen molar-refractivity contribution in [1.82, 2.24) is 4.98 Å². The van der Waals surface area contributed by atoms with E-state index in [-0.39, 0.29) is 5.91 Å². The number of carbonyl (C=O) groups is 1. The summed E-state index contributed by atoms with van der Waals surface area (Å²) in [4.78, 5) is 18.6. The lowest BCUT2D eigenvalue weighted by Gasteiger charge is -2.29. The highest BCUT2D eigenvalue weighted by Crippen LogP contribution is 2.29. The Morgan fingerprint density at radius 1 is 1.30 bits per heavy atom. The molecule has 0 radical (unpaired) electrons. The molecule has 4 nitrogen and oxygen atoms in total. The van der Waals surface area contributed by atoms with Gasteiger partial charge in [-0.05, 0) is 55.7 Å². The van der Waals surface area contributed by atoms with Gasteiger partial charge in [0.25, 0.3) is 5.91 Å². The maximum atomic E-state index is 12.6. The van der Waals surface area contributed by atoms with Crippen molar-refractivity contribution in [2.24, 2.45) is 0 Å². The van der Waals surface area contributed by atoms with Gasteiger partial charge in [0, 0.05) is 29.8 Å². The van der Waals surface area contributed by atoms with E-state index >= 15 is 0 Å². The second-order valence-electron chi connectivity index (χ2n) is 5.14. The van der Waals surface area contributed by atoms with Gasteiger partial charge >= 0.3 is 0 Å². The first-order valence-electron chi connectivity index (χ1n) is 6.78. The number of pyridine rings is 1. The molecule has 1 aromatic heterocycles. The molecule has 0 saturated carbocycles. The first kappa shape index (κ1) is 12.7. The van der Waals surface area contributed by atoms with Crippen molar-refractivity contribution in [3.63, 3.8) is 0 Å². The molecule has 1 aliphatic rings. The summed E-state index contributed by atoms with van der Waals surface area (Å²) in [6.45, 7) is 2.65. The van der Waals surface area contributed by atoms with Crippen molar-refractivity contribution in [2.75, 3.05) is 17.2 Å². The number of fused-ring (bicyclic) bond motifs is 1. The van der Waals surface area contributed by atoms with E-state index in [9.17, 15) is 4.79 Å².